The van der Waals surface area contributed by atoms with Gasteiger partial charge in [0.1, 0.15) is 0 Å². The van der Waals surface area contributed by atoms with Crippen molar-refractivity contribution in [3.63, 3.8) is 0 Å². The van der Waals surface area contributed by atoms with Crippen LogP contribution in [-0.4, -0.2) is 20.4 Å². The maximum Gasteiger partial charge on any atom is 0.231 e. The molecular weight excluding hydrogens is 246 g/mol. The van der Waals surface area contributed by atoms with E-state index in [-0.39, 0.29) is 0 Å². The van der Waals surface area contributed by atoms with Gasteiger partial charge in [-0.15, -0.1) is 0 Å². The van der Waals surface area contributed by atoms with Gasteiger partial charge in [-0.1, -0.05) is 0 Å². The van der Waals surface area contributed by atoms with E-state index in [4.69, 9.17) is 9.47 Å². The third-order valence-corrected chi connectivity index (χ3v) is 2.74. The highest BCUT2D eigenvalue weighted by Gasteiger charge is 2.17. The lowest BCUT2D eigenvalue weighted by Gasteiger charge is -2.04. The van der Waals surface area contributed by atoms with E-state index in [1.54, 1.807) is 0 Å². The zero-order chi connectivity index (χ0) is 9.97. The van der Waals surface area contributed by atoms with E-state index in [1.807, 2.05) is 13.1 Å². The van der Waals surface area contributed by atoms with Gasteiger partial charge in [0.15, 0.2) is 11.5 Å². The van der Waals surface area contributed by atoms with Crippen molar-refractivity contribution in [3.8, 4) is 11.5 Å². The Balaban J connectivity index is 2.23. The fourth-order valence-corrected chi connectivity index (χ4v) is 2.04. The Morgan fingerprint density at radius 3 is 3.07 bits per heavy atom. The van der Waals surface area contributed by atoms with Crippen LogP contribution in [0.25, 0.3) is 0 Å². The minimum atomic E-state index is 0.323. The van der Waals surface area contributed by atoms with Crippen LogP contribution in [-0.2, 0) is 6.42 Å². The molecule has 4 heteroatoms. The van der Waals surface area contributed by atoms with Crippen molar-refractivity contribution in [1.82, 2.24) is 5.32 Å². The number of nitrogens with one attached hydrogen (secondary N) is 1. The van der Waals surface area contributed by atoms with Gasteiger partial charge < -0.3 is 14.8 Å². The van der Waals surface area contributed by atoms with Crippen molar-refractivity contribution < 1.29 is 9.47 Å². The van der Waals surface area contributed by atoms with Crippen molar-refractivity contribution in [2.45, 2.75) is 6.42 Å². The van der Waals surface area contributed by atoms with Crippen LogP contribution in [0.2, 0.25) is 0 Å². The maximum absolute atomic E-state index is 5.33. The van der Waals surface area contributed by atoms with Crippen molar-refractivity contribution in [1.29, 1.82) is 0 Å². The molecule has 1 aromatic carbocycles. The van der Waals surface area contributed by atoms with Gasteiger partial charge in [-0.05, 0) is 53.6 Å². The maximum atomic E-state index is 5.33. The standard InChI is InChI=1S/C10H12BrNO2/c1-12-3-2-7-4-8(11)10-9(5-7)13-6-14-10/h4-5,12H,2-3,6H2,1H3. The average Bonchev–Trinajstić information content (AvgIpc) is 2.63. The number of fused-ring (bicyclic) bond motifs is 1. The van der Waals surface area contributed by atoms with Crippen LogP contribution in [0.4, 0.5) is 0 Å². The van der Waals surface area contributed by atoms with Gasteiger partial charge in [0.2, 0.25) is 6.79 Å². The van der Waals surface area contributed by atoms with E-state index in [9.17, 15) is 0 Å². The molecule has 0 aromatic heterocycles. The predicted molar refractivity (Wildman–Crippen MR) is 57.9 cm³/mol. The SMILES string of the molecule is CNCCc1cc(Br)c2c(c1)OCO2. The van der Waals surface area contributed by atoms with E-state index >= 15 is 0 Å². The van der Waals surface area contributed by atoms with Gasteiger partial charge in [-0.3, -0.25) is 0 Å². The predicted octanol–water partition coefficient (Wildman–Crippen LogP) is 1.94. The molecule has 2 rings (SSSR count). The van der Waals surface area contributed by atoms with E-state index in [1.165, 1.54) is 5.56 Å². The molecular formula is C10H12BrNO2. The molecule has 0 bridgehead atoms. The molecule has 1 N–H and O–H groups in total. The Kier molecular flexibility index (Phi) is 2.93. The number of ether oxygens (including phenoxy) is 2. The molecule has 0 radical (unpaired) electrons. The largest absolute Gasteiger partial charge is 0.454 e. The van der Waals surface area contributed by atoms with E-state index in [2.05, 4.69) is 27.3 Å². The minimum absolute atomic E-state index is 0.323. The van der Waals surface area contributed by atoms with Crippen LogP contribution in [0.15, 0.2) is 16.6 Å². The zero-order valence-electron chi connectivity index (χ0n) is 7.97. The van der Waals surface area contributed by atoms with Gasteiger partial charge >= 0.3 is 0 Å². The van der Waals surface area contributed by atoms with Gasteiger partial charge in [0, 0.05) is 0 Å². The van der Waals surface area contributed by atoms with Crippen molar-refractivity contribution in [2.24, 2.45) is 0 Å². The van der Waals surface area contributed by atoms with E-state index < -0.39 is 0 Å². The molecule has 0 amide bonds. The Morgan fingerprint density at radius 2 is 2.29 bits per heavy atom. The monoisotopic (exact) mass is 257 g/mol. The third kappa shape index (κ3) is 1.86. The number of likely N-dealkylation sites (N-methyl/N-ethyl adjacent to an activating group) is 1. The summed E-state index contributed by atoms with van der Waals surface area (Å²) in [6, 6.07) is 4.11. The van der Waals surface area contributed by atoms with Crippen LogP contribution in [0.1, 0.15) is 5.56 Å². The normalized spacial score (nSPS) is 13.3. The van der Waals surface area contributed by atoms with Crippen LogP contribution in [0.5, 0.6) is 11.5 Å². The highest BCUT2D eigenvalue weighted by atomic mass is 79.9. The molecule has 1 aromatic rings. The molecule has 0 saturated carbocycles. The quantitative estimate of drug-likeness (QED) is 0.898. The summed E-state index contributed by atoms with van der Waals surface area (Å²) in [5.74, 6) is 1.66. The minimum Gasteiger partial charge on any atom is -0.454 e. The molecule has 14 heavy (non-hydrogen) atoms. The average molecular weight is 258 g/mol. The molecule has 1 aliphatic heterocycles. The highest BCUT2D eigenvalue weighted by Crippen LogP contribution is 2.39. The molecule has 0 aliphatic carbocycles. The Morgan fingerprint density at radius 1 is 1.43 bits per heavy atom. The summed E-state index contributed by atoms with van der Waals surface area (Å²) in [6.45, 7) is 1.29. The molecule has 3 nitrogen and oxygen atoms in total. The molecule has 1 heterocycles. The molecule has 0 atom stereocenters. The first-order valence-electron chi connectivity index (χ1n) is 4.54. The number of rotatable bonds is 3. The summed E-state index contributed by atoms with van der Waals surface area (Å²) in [5, 5.41) is 3.12. The summed E-state index contributed by atoms with van der Waals surface area (Å²) < 4.78 is 11.6. The van der Waals surface area contributed by atoms with Crippen molar-refractivity contribution >= 4 is 15.9 Å². The summed E-state index contributed by atoms with van der Waals surface area (Å²) in [5.41, 5.74) is 1.25. The Bertz CT molecular complexity index is 341. The first-order valence-corrected chi connectivity index (χ1v) is 5.33. The second-order valence-electron chi connectivity index (χ2n) is 3.16. The van der Waals surface area contributed by atoms with Gasteiger partial charge in [0.05, 0.1) is 4.47 Å². The highest BCUT2D eigenvalue weighted by molar-refractivity contribution is 9.10. The first kappa shape index (κ1) is 9.80. The number of hydrogen-bond donors (Lipinski definition) is 1. The lowest BCUT2D eigenvalue weighted by Crippen LogP contribution is -2.10. The molecule has 0 fully saturated rings. The van der Waals surface area contributed by atoms with Crippen LogP contribution in [0, 0.1) is 0 Å². The second-order valence-corrected chi connectivity index (χ2v) is 4.02. The zero-order valence-corrected chi connectivity index (χ0v) is 9.56. The third-order valence-electron chi connectivity index (χ3n) is 2.15. The van der Waals surface area contributed by atoms with Crippen LogP contribution >= 0.6 is 15.9 Å². The fourth-order valence-electron chi connectivity index (χ4n) is 1.43. The first-order chi connectivity index (χ1) is 6.81. The number of halogens is 1. The Hall–Kier alpha value is -0.740. The van der Waals surface area contributed by atoms with Gasteiger partial charge in [-0.25, -0.2) is 0 Å². The van der Waals surface area contributed by atoms with Crippen LogP contribution in [0.3, 0.4) is 0 Å². The lowest BCUT2D eigenvalue weighted by molar-refractivity contribution is 0.173. The molecule has 0 unspecified atom stereocenters. The molecule has 76 valence electrons. The van der Waals surface area contributed by atoms with Gasteiger partial charge in [-0.2, -0.15) is 0 Å². The molecule has 1 aliphatic rings. The summed E-state index contributed by atoms with van der Waals surface area (Å²) in [7, 11) is 1.95. The second kappa shape index (κ2) is 4.19. The van der Waals surface area contributed by atoms with Crippen LogP contribution < -0.4 is 14.8 Å². The summed E-state index contributed by atoms with van der Waals surface area (Å²) in [4.78, 5) is 0. The lowest BCUT2D eigenvalue weighted by atomic mass is 10.1. The fraction of sp³-hybridized carbons (Fsp3) is 0.400. The summed E-state index contributed by atoms with van der Waals surface area (Å²) >= 11 is 3.46. The van der Waals surface area contributed by atoms with Crippen molar-refractivity contribution in [2.75, 3.05) is 20.4 Å². The smallest absolute Gasteiger partial charge is 0.231 e. The number of benzene rings is 1. The molecule has 0 saturated heterocycles. The van der Waals surface area contributed by atoms with Crippen molar-refractivity contribution in [3.05, 3.63) is 22.2 Å². The summed E-state index contributed by atoms with van der Waals surface area (Å²) in [6.07, 6.45) is 0.992. The van der Waals surface area contributed by atoms with E-state index in [0.29, 0.717) is 6.79 Å². The number of hydrogen-bond acceptors (Lipinski definition) is 3. The molecule has 0 spiro atoms. The van der Waals surface area contributed by atoms with E-state index in [0.717, 1.165) is 28.9 Å². The Labute approximate surface area is 91.5 Å². The topological polar surface area (TPSA) is 30.5 Å². The van der Waals surface area contributed by atoms with Gasteiger partial charge in [0.25, 0.3) is 0 Å².